The number of hydrogen-bond donors (Lipinski definition) is 1. The zero-order valence-electron chi connectivity index (χ0n) is 18.4. The molecule has 1 aliphatic heterocycles. The molecule has 0 saturated heterocycles. The Hall–Kier alpha value is -3.45. The highest BCUT2D eigenvalue weighted by molar-refractivity contribution is 7.90. The Bertz CT molecular complexity index is 1250. The zero-order chi connectivity index (χ0) is 23.4. The van der Waals surface area contributed by atoms with Crippen molar-refractivity contribution >= 4 is 21.7 Å². The van der Waals surface area contributed by atoms with Crippen molar-refractivity contribution in [1.82, 2.24) is 10.2 Å². The molecule has 0 fully saturated rings. The minimum Gasteiger partial charge on any atom is -0.350 e. The van der Waals surface area contributed by atoms with E-state index in [1.54, 1.807) is 36.4 Å². The average molecular weight is 463 g/mol. The highest BCUT2D eigenvalue weighted by Crippen LogP contribution is 2.25. The highest BCUT2D eigenvalue weighted by atomic mass is 32.2. The topological polar surface area (TPSA) is 83.6 Å². The molecule has 0 bridgehead atoms. The smallest absolute Gasteiger partial charge is 0.255 e. The molecule has 7 heteroatoms. The summed E-state index contributed by atoms with van der Waals surface area (Å²) in [6.07, 6.45) is 0. The Morgan fingerprint density at radius 2 is 1.61 bits per heavy atom. The van der Waals surface area contributed by atoms with Crippen LogP contribution in [0, 0.1) is 6.92 Å². The van der Waals surface area contributed by atoms with Gasteiger partial charge in [-0.2, -0.15) is 0 Å². The van der Waals surface area contributed by atoms with E-state index >= 15 is 0 Å². The van der Waals surface area contributed by atoms with Crippen molar-refractivity contribution in [2.45, 2.75) is 31.8 Å². The maximum atomic E-state index is 13.2. The average Bonchev–Trinajstić information content (AvgIpc) is 3.14. The van der Waals surface area contributed by atoms with E-state index in [9.17, 15) is 18.0 Å². The minimum absolute atomic E-state index is 0.190. The first-order chi connectivity index (χ1) is 15.8. The molecule has 1 aliphatic rings. The van der Waals surface area contributed by atoms with Gasteiger partial charge in [0.1, 0.15) is 6.04 Å². The first-order valence-corrected chi connectivity index (χ1v) is 12.6. The molecule has 0 unspecified atom stereocenters. The summed E-state index contributed by atoms with van der Waals surface area (Å²) >= 11 is 0. The quantitative estimate of drug-likeness (QED) is 0.557. The normalized spacial score (nSPS) is 14.1. The predicted molar refractivity (Wildman–Crippen MR) is 127 cm³/mol. The fraction of sp³-hybridized carbons (Fsp3) is 0.231. The van der Waals surface area contributed by atoms with Crippen molar-refractivity contribution in [2.24, 2.45) is 0 Å². The van der Waals surface area contributed by atoms with Gasteiger partial charge in [-0.15, -0.1) is 0 Å². The van der Waals surface area contributed by atoms with Crippen LogP contribution in [-0.2, 0) is 33.5 Å². The Balaban J connectivity index is 1.56. The molecule has 0 aromatic heterocycles. The van der Waals surface area contributed by atoms with Crippen LogP contribution in [0.2, 0.25) is 0 Å². The van der Waals surface area contributed by atoms with Gasteiger partial charge in [-0.05, 0) is 29.7 Å². The number of carbonyl (C=O) groups excluding carboxylic acids is 2. The summed E-state index contributed by atoms with van der Waals surface area (Å²) < 4.78 is 26.1. The maximum absolute atomic E-state index is 13.2. The Kier molecular flexibility index (Phi) is 6.60. The van der Waals surface area contributed by atoms with E-state index in [2.05, 4.69) is 5.32 Å². The van der Waals surface area contributed by atoms with Crippen LogP contribution in [0.4, 0.5) is 0 Å². The zero-order valence-corrected chi connectivity index (χ0v) is 19.2. The maximum Gasteiger partial charge on any atom is 0.255 e. The van der Waals surface area contributed by atoms with Gasteiger partial charge in [0, 0.05) is 18.7 Å². The molecule has 1 atom stereocenters. The second-order valence-corrected chi connectivity index (χ2v) is 10.5. The third-order valence-corrected chi connectivity index (χ3v) is 7.35. The molecule has 2 amide bonds. The second-order valence-electron chi connectivity index (χ2n) is 8.35. The molecule has 1 N–H and O–H groups in total. The Morgan fingerprint density at radius 1 is 0.939 bits per heavy atom. The number of carbonyl (C=O) groups is 2. The number of fused-ring (bicyclic) bond motifs is 1. The highest BCUT2D eigenvalue weighted by Gasteiger charge is 2.38. The third kappa shape index (κ3) is 5.49. The fourth-order valence-electron chi connectivity index (χ4n) is 3.98. The standard InChI is InChI=1S/C26H26N2O4S/c1-19-11-13-20(14-12-19)15-27-25(29)24(18-33(31,32)17-21-7-3-2-4-8-21)28-16-22-9-5-6-10-23(22)26(28)30/h2-14,24H,15-18H2,1H3,(H,27,29)/t24-/m0/s1. The van der Waals surface area contributed by atoms with Crippen LogP contribution in [0.25, 0.3) is 0 Å². The van der Waals surface area contributed by atoms with Gasteiger partial charge < -0.3 is 10.2 Å². The van der Waals surface area contributed by atoms with Crippen LogP contribution < -0.4 is 5.32 Å². The van der Waals surface area contributed by atoms with E-state index in [1.807, 2.05) is 49.4 Å². The molecule has 170 valence electrons. The number of nitrogens with zero attached hydrogens (tertiary/aromatic N) is 1. The van der Waals surface area contributed by atoms with Gasteiger partial charge in [0.25, 0.3) is 5.91 Å². The van der Waals surface area contributed by atoms with Gasteiger partial charge >= 0.3 is 0 Å². The number of nitrogens with one attached hydrogen (secondary N) is 1. The number of hydrogen-bond acceptors (Lipinski definition) is 4. The summed E-state index contributed by atoms with van der Waals surface area (Å²) in [4.78, 5) is 27.7. The SMILES string of the molecule is Cc1ccc(CNC(=O)[C@H](CS(=O)(=O)Cc2ccccc2)N2Cc3ccccc3C2=O)cc1. The van der Waals surface area contributed by atoms with Crippen LogP contribution in [0.5, 0.6) is 0 Å². The molecular weight excluding hydrogens is 436 g/mol. The molecule has 0 spiro atoms. The predicted octanol–water partition coefficient (Wildman–Crippen LogP) is 3.25. The lowest BCUT2D eigenvalue weighted by Crippen LogP contribution is -2.50. The fourth-order valence-corrected chi connectivity index (χ4v) is 5.61. The van der Waals surface area contributed by atoms with Crippen molar-refractivity contribution < 1.29 is 18.0 Å². The van der Waals surface area contributed by atoms with Gasteiger partial charge in [0.05, 0.1) is 11.5 Å². The van der Waals surface area contributed by atoms with E-state index in [4.69, 9.17) is 0 Å². The molecular formula is C26H26N2O4S. The molecule has 1 heterocycles. The second kappa shape index (κ2) is 9.58. The van der Waals surface area contributed by atoms with Crippen molar-refractivity contribution in [3.8, 4) is 0 Å². The van der Waals surface area contributed by atoms with Crippen LogP contribution in [-0.4, -0.2) is 36.9 Å². The Labute approximate surface area is 194 Å². The van der Waals surface area contributed by atoms with Crippen LogP contribution in [0.3, 0.4) is 0 Å². The summed E-state index contributed by atoms with van der Waals surface area (Å²) in [7, 11) is -3.67. The molecule has 4 rings (SSSR count). The molecule has 0 saturated carbocycles. The lowest BCUT2D eigenvalue weighted by molar-refractivity contribution is -0.125. The van der Waals surface area contributed by atoms with Crippen LogP contribution in [0.1, 0.15) is 32.6 Å². The molecule has 33 heavy (non-hydrogen) atoms. The number of rotatable bonds is 8. The van der Waals surface area contributed by atoms with Crippen LogP contribution in [0.15, 0.2) is 78.9 Å². The first-order valence-electron chi connectivity index (χ1n) is 10.8. The molecule has 3 aromatic rings. The van der Waals surface area contributed by atoms with Crippen molar-refractivity contribution in [1.29, 1.82) is 0 Å². The van der Waals surface area contributed by atoms with Crippen LogP contribution >= 0.6 is 0 Å². The molecule has 0 radical (unpaired) electrons. The van der Waals surface area contributed by atoms with E-state index in [-0.39, 0.29) is 24.7 Å². The largest absolute Gasteiger partial charge is 0.350 e. The van der Waals surface area contributed by atoms with Crippen molar-refractivity contribution in [3.05, 3.63) is 107 Å². The summed E-state index contributed by atoms with van der Waals surface area (Å²) in [5, 5.41) is 2.83. The van der Waals surface area contributed by atoms with E-state index in [1.165, 1.54) is 4.90 Å². The lowest BCUT2D eigenvalue weighted by Gasteiger charge is -2.27. The number of benzene rings is 3. The number of aryl methyl sites for hydroxylation is 1. The van der Waals surface area contributed by atoms with Gasteiger partial charge in [0.15, 0.2) is 9.84 Å². The molecule has 0 aliphatic carbocycles. The minimum atomic E-state index is -3.67. The lowest BCUT2D eigenvalue weighted by atomic mass is 10.1. The van der Waals surface area contributed by atoms with Crippen molar-refractivity contribution in [3.63, 3.8) is 0 Å². The summed E-state index contributed by atoms with van der Waals surface area (Å²) in [6.45, 7) is 2.44. The van der Waals surface area contributed by atoms with Gasteiger partial charge in [-0.25, -0.2) is 8.42 Å². The van der Waals surface area contributed by atoms with E-state index in [0.717, 1.165) is 16.7 Å². The Morgan fingerprint density at radius 3 is 2.30 bits per heavy atom. The summed E-state index contributed by atoms with van der Waals surface area (Å²) in [5.74, 6) is -1.43. The van der Waals surface area contributed by atoms with Gasteiger partial charge in [0.2, 0.25) is 5.91 Å². The monoisotopic (exact) mass is 462 g/mol. The van der Waals surface area contributed by atoms with E-state index in [0.29, 0.717) is 11.1 Å². The van der Waals surface area contributed by atoms with Gasteiger partial charge in [-0.1, -0.05) is 78.4 Å². The summed E-state index contributed by atoms with van der Waals surface area (Å²) in [5.41, 5.74) is 3.95. The van der Waals surface area contributed by atoms with Crippen molar-refractivity contribution in [2.75, 3.05) is 5.75 Å². The third-order valence-electron chi connectivity index (χ3n) is 5.76. The number of amides is 2. The van der Waals surface area contributed by atoms with E-state index < -0.39 is 27.5 Å². The number of sulfone groups is 1. The summed E-state index contributed by atoms with van der Waals surface area (Å²) in [6, 6.07) is 22.6. The first kappa shape index (κ1) is 22.7. The molecule has 6 nitrogen and oxygen atoms in total. The molecule has 3 aromatic carbocycles. The van der Waals surface area contributed by atoms with Gasteiger partial charge in [-0.3, -0.25) is 9.59 Å².